The van der Waals surface area contributed by atoms with Crippen LogP contribution in [0, 0.1) is 17.8 Å². The maximum atomic E-state index is 12.4. The van der Waals surface area contributed by atoms with Gasteiger partial charge in [-0.15, -0.1) is 0 Å². The quantitative estimate of drug-likeness (QED) is 0.781. The van der Waals surface area contributed by atoms with Gasteiger partial charge in [-0.1, -0.05) is 13.3 Å². The monoisotopic (exact) mass is 268 g/mol. The van der Waals surface area contributed by atoms with Crippen molar-refractivity contribution < 1.29 is 14.7 Å². The molecule has 19 heavy (non-hydrogen) atoms. The van der Waals surface area contributed by atoms with Gasteiger partial charge in [-0.25, -0.2) is 4.79 Å². The Bertz CT molecular complexity index is 359. The molecule has 5 nitrogen and oxygen atoms in total. The largest absolute Gasteiger partial charge is 0.480 e. The first kappa shape index (κ1) is 14.3. The number of rotatable bonds is 5. The van der Waals surface area contributed by atoms with Crippen molar-refractivity contribution in [3.05, 3.63) is 0 Å². The van der Waals surface area contributed by atoms with E-state index in [0.29, 0.717) is 19.0 Å². The van der Waals surface area contributed by atoms with E-state index in [9.17, 15) is 14.7 Å². The van der Waals surface area contributed by atoms with Crippen molar-refractivity contribution in [3.63, 3.8) is 0 Å². The zero-order valence-electron chi connectivity index (χ0n) is 11.5. The van der Waals surface area contributed by atoms with Crippen LogP contribution in [0.3, 0.4) is 0 Å². The van der Waals surface area contributed by atoms with Crippen LogP contribution in [0.4, 0.5) is 0 Å². The van der Waals surface area contributed by atoms with E-state index >= 15 is 0 Å². The van der Waals surface area contributed by atoms with Crippen molar-refractivity contribution in [2.45, 2.75) is 45.1 Å². The number of carbonyl (C=O) groups is 2. The van der Waals surface area contributed by atoms with Crippen molar-refractivity contribution in [1.82, 2.24) is 4.90 Å². The van der Waals surface area contributed by atoms with Gasteiger partial charge in [0.15, 0.2) is 0 Å². The minimum atomic E-state index is -0.839. The van der Waals surface area contributed by atoms with E-state index in [1.807, 2.05) is 6.92 Å². The number of carbonyl (C=O) groups excluding carboxylic acids is 1. The van der Waals surface area contributed by atoms with Gasteiger partial charge in [0.25, 0.3) is 0 Å². The number of hydrogen-bond acceptors (Lipinski definition) is 3. The molecule has 0 radical (unpaired) electrons. The Hall–Kier alpha value is -1.10. The molecule has 1 aliphatic carbocycles. The Morgan fingerprint density at radius 3 is 2.79 bits per heavy atom. The van der Waals surface area contributed by atoms with Gasteiger partial charge in [0, 0.05) is 12.5 Å². The molecule has 1 heterocycles. The second-order valence-corrected chi connectivity index (χ2v) is 5.96. The Morgan fingerprint density at radius 2 is 2.16 bits per heavy atom. The first-order valence-corrected chi connectivity index (χ1v) is 7.29. The number of aliphatic carboxylic acids is 1. The van der Waals surface area contributed by atoms with E-state index in [-0.39, 0.29) is 17.7 Å². The van der Waals surface area contributed by atoms with E-state index in [1.54, 1.807) is 4.90 Å². The summed E-state index contributed by atoms with van der Waals surface area (Å²) in [5.74, 6) is -0.400. The summed E-state index contributed by atoms with van der Waals surface area (Å²) in [7, 11) is 0. The highest BCUT2D eigenvalue weighted by atomic mass is 16.4. The van der Waals surface area contributed by atoms with Crippen LogP contribution in [0.15, 0.2) is 0 Å². The third-order valence-corrected chi connectivity index (χ3v) is 4.69. The summed E-state index contributed by atoms with van der Waals surface area (Å²) in [6.07, 6.45) is 4.67. The molecule has 0 spiro atoms. The highest BCUT2D eigenvalue weighted by molar-refractivity contribution is 5.86. The molecule has 1 saturated carbocycles. The van der Waals surface area contributed by atoms with Crippen LogP contribution >= 0.6 is 0 Å². The van der Waals surface area contributed by atoms with Gasteiger partial charge in [0.05, 0.1) is 0 Å². The molecule has 0 aromatic heterocycles. The smallest absolute Gasteiger partial charge is 0.326 e. The van der Waals surface area contributed by atoms with Crippen LogP contribution in [0.1, 0.15) is 39.0 Å². The van der Waals surface area contributed by atoms with Crippen LogP contribution in [0.5, 0.6) is 0 Å². The van der Waals surface area contributed by atoms with Crippen LogP contribution in [0.25, 0.3) is 0 Å². The zero-order chi connectivity index (χ0) is 14.0. The molecule has 4 atom stereocenters. The molecule has 4 unspecified atom stereocenters. The first-order valence-electron chi connectivity index (χ1n) is 7.29. The third-order valence-electron chi connectivity index (χ3n) is 4.69. The lowest BCUT2D eigenvalue weighted by atomic mass is 9.94. The van der Waals surface area contributed by atoms with E-state index in [0.717, 1.165) is 32.1 Å². The summed E-state index contributed by atoms with van der Waals surface area (Å²) in [5, 5.41) is 9.42. The van der Waals surface area contributed by atoms with Gasteiger partial charge in [0.1, 0.15) is 6.04 Å². The molecule has 5 heteroatoms. The molecule has 0 aromatic carbocycles. The number of carboxylic acid groups (broad SMARTS) is 1. The topological polar surface area (TPSA) is 83.6 Å². The molecule has 0 aromatic rings. The zero-order valence-corrected chi connectivity index (χ0v) is 11.5. The molecule has 2 aliphatic rings. The Morgan fingerprint density at radius 1 is 1.42 bits per heavy atom. The lowest BCUT2D eigenvalue weighted by Crippen LogP contribution is -2.45. The highest BCUT2D eigenvalue weighted by Crippen LogP contribution is 2.42. The molecule has 108 valence electrons. The van der Waals surface area contributed by atoms with Crippen LogP contribution in [-0.2, 0) is 9.59 Å². The van der Waals surface area contributed by atoms with E-state index in [4.69, 9.17) is 5.73 Å². The fraction of sp³-hybridized carbons (Fsp3) is 0.857. The predicted molar refractivity (Wildman–Crippen MR) is 71.4 cm³/mol. The summed E-state index contributed by atoms with van der Waals surface area (Å²) in [6, 6.07) is -0.597. The fourth-order valence-electron chi connectivity index (χ4n) is 3.68. The minimum Gasteiger partial charge on any atom is -0.480 e. The average Bonchev–Trinajstić information content (AvgIpc) is 2.93. The maximum Gasteiger partial charge on any atom is 0.326 e. The second-order valence-electron chi connectivity index (χ2n) is 5.96. The van der Waals surface area contributed by atoms with Gasteiger partial charge in [-0.2, -0.15) is 0 Å². The molecular weight excluding hydrogens is 244 g/mol. The number of nitrogens with two attached hydrogens (primary N) is 1. The van der Waals surface area contributed by atoms with Crippen molar-refractivity contribution in [3.8, 4) is 0 Å². The van der Waals surface area contributed by atoms with Gasteiger partial charge < -0.3 is 15.7 Å². The lowest BCUT2D eigenvalue weighted by Gasteiger charge is -2.27. The minimum absolute atomic E-state index is 0.00440. The highest BCUT2D eigenvalue weighted by Gasteiger charge is 2.49. The van der Waals surface area contributed by atoms with Crippen molar-refractivity contribution >= 4 is 11.9 Å². The number of nitrogens with zero attached hydrogens (tertiary/aromatic N) is 1. The lowest BCUT2D eigenvalue weighted by molar-refractivity contribution is -0.151. The van der Waals surface area contributed by atoms with E-state index in [1.165, 1.54) is 0 Å². The van der Waals surface area contributed by atoms with Gasteiger partial charge >= 0.3 is 5.97 Å². The van der Waals surface area contributed by atoms with Crippen LogP contribution < -0.4 is 5.73 Å². The molecule has 2 fully saturated rings. The van der Waals surface area contributed by atoms with Crippen LogP contribution in [-0.4, -0.2) is 41.0 Å². The number of amides is 1. The average molecular weight is 268 g/mol. The Labute approximate surface area is 114 Å². The van der Waals surface area contributed by atoms with Gasteiger partial charge in [0.2, 0.25) is 5.91 Å². The summed E-state index contributed by atoms with van der Waals surface area (Å²) < 4.78 is 0. The van der Waals surface area contributed by atoms with E-state index < -0.39 is 12.0 Å². The van der Waals surface area contributed by atoms with Crippen molar-refractivity contribution in [2.75, 3.05) is 13.1 Å². The summed E-state index contributed by atoms with van der Waals surface area (Å²) in [4.78, 5) is 25.5. The summed E-state index contributed by atoms with van der Waals surface area (Å²) in [6.45, 7) is 3.09. The number of fused-ring (bicyclic) bond motifs is 1. The SMILES string of the molecule is CC(CCCN)C(=O)N1CC2CCCC2C1C(=O)O. The third kappa shape index (κ3) is 2.76. The number of likely N-dealkylation sites (tertiary alicyclic amines) is 1. The van der Waals surface area contributed by atoms with Crippen LogP contribution in [0.2, 0.25) is 0 Å². The van der Waals surface area contributed by atoms with Crippen molar-refractivity contribution in [2.24, 2.45) is 23.5 Å². The number of hydrogen-bond donors (Lipinski definition) is 2. The summed E-state index contributed by atoms with van der Waals surface area (Å²) in [5.41, 5.74) is 5.46. The second kappa shape index (κ2) is 5.90. The molecular formula is C14H24N2O3. The number of carboxylic acids is 1. The maximum absolute atomic E-state index is 12.4. The molecule has 3 N–H and O–H groups in total. The molecule has 1 aliphatic heterocycles. The fourth-order valence-corrected chi connectivity index (χ4v) is 3.68. The predicted octanol–water partition coefficient (Wildman–Crippen LogP) is 1.07. The van der Waals surface area contributed by atoms with Gasteiger partial charge in [-0.3, -0.25) is 4.79 Å². The normalized spacial score (nSPS) is 31.3. The molecule has 0 bridgehead atoms. The van der Waals surface area contributed by atoms with E-state index in [2.05, 4.69) is 0 Å². The Kier molecular flexibility index (Phi) is 4.45. The Balaban J connectivity index is 2.06. The first-order chi connectivity index (χ1) is 9.06. The molecule has 1 saturated heterocycles. The summed E-state index contributed by atoms with van der Waals surface area (Å²) >= 11 is 0. The van der Waals surface area contributed by atoms with Crippen molar-refractivity contribution in [1.29, 1.82) is 0 Å². The molecule has 1 amide bonds. The van der Waals surface area contributed by atoms with Gasteiger partial charge in [-0.05, 0) is 44.1 Å². The molecule has 2 rings (SSSR count). The standard InChI is InChI=1S/C14H24N2O3/c1-9(4-3-7-15)13(17)16-8-10-5-2-6-11(10)12(16)14(18)19/h9-12H,2-8,15H2,1H3,(H,18,19).